The molecule has 3 aromatic heterocycles. The number of hydrogen-bond donors (Lipinski definition) is 3. The van der Waals surface area contributed by atoms with Crippen LogP contribution in [-0.4, -0.2) is 19.9 Å². The molecule has 4 N–H and O–H groups in total. The second-order valence-electron chi connectivity index (χ2n) is 6.23. The molecule has 9 heteroatoms. The molecular weight excluding hydrogens is 401 g/mol. The number of rotatable bonds is 7. The maximum absolute atomic E-state index is 14.6. The molecule has 4 rings (SSSR count). The first kappa shape index (κ1) is 19.6. The first-order valence-corrected chi connectivity index (χ1v) is 9.90. The number of benzene rings is 1. The number of halogens is 1. The van der Waals surface area contributed by atoms with Crippen molar-refractivity contribution in [3.05, 3.63) is 84.7 Å². The third kappa shape index (κ3) is 5.21. The number of nitrogens with two attached hydrogens (primary N) is 1. The van der Waals surface area contributed by atoms with Crippen molar-refractivity contribution in [2.75, 3.05) is 16.4 Å². The van der Waals surface area contributed by atoms with Gasteiger partial charge in [0.1, 0.15) is 17.5 Å². The number of aromatic nitrogens is 4. The van der Waals surface area contributed by atoms with Gasteiger partial charge in [-0.25, -0.2) is 4.39 Å². The Morgan fingerprint density at radius 1 is 0.933 bits per heavy atom. The van der Waals surface area contributed by atoms with Gasteiger partial charge in [0.15, 0.2) is 0 Å². The molecule has 150 valence electrons. The highest BCUT2D eigenvalue weighted by atomic mass is 32.2. The lowest BCUT2D eigenvalue weighted by molar-refractivity contribution is 0.602. The molecular formula is C21H18FN7S. The molecule has 0 spiro atoms. The average molecular weight is 419 g/mol. The van der Waals surface area contributed by atoms with Crippen LogP contribution in [0.4, 0.5) is 27.7 Å². The topological polar surface area (TPSA) is 102 Å². The third-order valence-electron chi connectivity index (χ3n) is 4.00. The van der Waals surface area contributed by atoms with Crippen LogP contribution in [-0.2, 0) is 6.54 Å². The highest BCUT2D eigenvalue weighted by Crippen LogP contribution is 2.31. The van der Waals surface area contributed by atoms with Gasteiger partial charge >= 0.3 is 0 Å². The van der Waals surface area contributed by atoms with Gasteiger partial charge in [-0.05, 0) is 42.5 Å². The highest BCUT2D eigenvalue weighted by molar-refractivity contribution is 7.99. The molecule has 0 bridgehead atoms. The zero-order valence-corrected chi connectivity index (χ0v) is 16.6. The fourth-order valence-corrected chi connectivity index (χ4v) is 3.45. The summed E-state index contributed by atoms with van der Waals surface area (Å²) in [6, 6.07) is 16.0. The van der Waals surface area contributed by atoms with Gasteiger partial charge < -0.3 is 16.4 Å². The molecule has 0 saturated heterocycles. The largest absolute Gasteiger partial charge is 0.368 e. The molecule has 0 unspecified atom stereocenters. The molecule has 0 fully saturated rings. The maximum Gasteiger partial charge on any atom is 0.223 e. The Labute approximate surface area is 177 Å². The predicted molar refractivity (Wildman–Crippen MR) is 116 cm³/mol. The molecule has 0 aliphatic heterocycles. The first-order valence-electron chi connectivity index (χ1n) is 9.08. The third-order valence-corrected chi connectivity index (χ3v) is 5.06. The van der Waals surface area contributed by atoms with Crippen molar-refractivity contribution in [1.82, 2.24) is 19.9 Å². The maximum atomic E-state index is 14.6. The minimum absolute atomic E-state index is 0.105. The van der Waals surface area contributed by atoms with E-state index in [9.17, 15) is 4.39 Å². The number of hydrogen-bond acceptors (Lipinski definition) is 8. The lowest BCUT2D eigenvalue weighted by atomic mass is 10.3. The van der Waals surface area contributed by atoms with Crippen LogP contribution in [0.1, 0.15) is 5.69 Å². The summed E-state index contributed by atoms with van der Waals surface area (Å²) < 4.78 is 14.6. The smallest absolute Gasteiger partial charge is 0.223 e. The van der Waals surface area contributed by atoms with Crippen molar-refractivity contribution in [3.8, 4) is 0 Å². The van der Waals surface area contributed by atoms with Crippen LogP contribution >= 0.6 is 11.8 Å². The molecule has 0 saturated carbocycles. The van der Waals surface area contributed by atoms with Gasteiger partial charge in [0.05, 0.1) is 12.2 Å². The Hall–Kier alpha value is -3.72. The molecule has 0 amide bonds. The minimum Gasteiger partial charge on any atom is -0.368 e. The fourth-order valence-electron chi connectivity index (χ4n) is 2.65. The van der Waals surface area contributed by atoms with E-state index >= 15 is 0 Å². The Kier molecular flexibility index (Phi) is 6.00. The van der Waals surface area contributed by atoms with E-state index in [-0.39, 0.29) is 11.8 Å². The van der Waals surface area contributed by atoms with Crippen molar-refractivity contribution in [2.45, 2.75) is 16.3 Å². The summed E-state index contributed by atoms with van der Waals surface area (Å²) in [5.41, 5.74) is 7.25. The van der Waals surface area contributed by atoms with E-state index in [1.165, 1.54) is 17.8 Å². The zero-order valence-electron chi connectivity index (χ0n) is 15.8. The molecule has 0 aliphatic rings. The SMILES string of the molecule is Nc1nc(NCc2ccccn2)cc(Nc2ccc(Sc3ccncc3)c(F)c2)n1. The van der Waals surface area contributed by atoms with E-state index in [1.807, 2.05) is 30.3 Å². The molecule has 0 atom stereocenters. The van der Waals surface area contributed by atoms with Crippen LogP contribution in [0, 0.1) is 5.82 Å². The van der Waals surface area contributed by atoms with Gasteiger partial charge in [-0.15, -0.1) is 0 Å². The van der Waals surface area contributed by atoms with Gasteiger partial charge in [-0.2, -0.15) is 9.97 Å². The van der Waals surface area contributed by atoms with Crippen LogP contribution < -0.4 is 16.4 Å². The number of nitrogens with zero attached hydrogens (tertiary/aromatic N) is 4. The average Bonchev–Trinajstić information content (AvgIpc) is 2.75. The van der Waals surface area contributed by atoms with E-state index in [2.05, 4.69) is 30.6 Å². The van der Waals surface area contributed by atoms with Crippen molar-refractivity contribution >= 4 is 35.0 Å². The lowest BCUT2D eigenvalue weighted by Crippen LogP contribution is -2.07. The van der Waals surface area contributed by atoms with Crippen molar-refractivity contribution in [1.29, 1.82) is 0 Å². The van der Waals surface area contributed by atoms with Crippen molar-refractivity contribution in [3.63, 3.8) is 0 Å². The van der Waals surface area contributed by atoms with E-state index in [1.54, 1.807) is 36.8 Å². The summed E-state index contributed by atoms with van der Waals surface area (Å²) >= 11 is 1.33. The summed E-state index contributed by atoms with van der Waals surface area (Å²) in [4.78, 5) is 18.0. The molecule has 0 radical (unpaired) electrons. The summed E-state index contributed by atoms with van der Waals surface area (Å²) in [7, 11) is 0. The predicted octanol–water partition coefficient (Wildman–Crippen LogP) is 4.49. The van der Waals surface area contributed by atoms with E-state index in [0.29, 0.717) is 28.8 Å². The zero-order chi connectivity index (χ0) is 20.8. The van der Waals surface area contributed by atoms with Crippen molar-refractivity contribution < 1.29 is 4.39 Å². The van der Waals surface area contributed by atoms with Crippen LogP contribution in [0.25, 0.3) is 0 Å². The second-order valence-corrected chi connectivity index (χ2v) is 7.34. The Balaban J connectivity index is 1.45. The second kappa shape index (κ2) is 9.19. The number of pyridine rings is 2. The van der Waals surface area contributed by atoms with Gasteiger partial charge in [-0.1, -0.05) is 17.8 Å². The normalized spacial score (nSPS) is 10.6. The first-order chi connectivity index (χ1) is 14.7. The molecule has 3 heterocycles. The van der Waals surface area contributed by atoms with Gasteiger partial charge in [-0.3, -0.25) is 9.97 Å². The number of nitrogens with one attached hydrogen (secondary N) is 2. The van der Waals surface area contributed by atoms with Crippen LogP contribution in [0.3, 0.4) is 0 Å². The lowest BCUT2D eigenvalue weighted by Gasteiger charge is -2.11. The summed E-state index contributed by atoms with van der Waals surface area (Å²) in [6.07, 6.45) is 5.08. The van der Waals surface area contributed by atoms with E-state index in [4.69, 9.17) is 5.73 Å². The molecule has 0 aliphatic carbocycles. The summed E-state index contributed by atoms with van der Waals surface area (Å²) in [5.74, 6) is 0.771. The van der Waals surface area contributed by atoms with Crippen LogP contribution in [0.5, 0.6) is 0 Å². The Bertz CT molecular complexity index is 1130. The minimum atomic E-state index is -0.336. The fraction of sp³-hybridized carbons (Fsp3) is 0.0476. The van der Waals surface area contributed by atoms with E-state index in [0.717, 1.165) is 10.6 Å². The number of nitrogen functional groups attached to an aromatic ring is 1. The molecule has 30 heavy (non-hydrogen) atoms. The monoisotopic (exact) mass is 419 g/mol. The van der Waals surface area contributed by atoms with Gasteiger partial charge in [0.2, 0.25) is 5.95 Å². The van der Waals surface area contributed by atoms with Crippen LogP contribution in [0.2, 0.25) is 0 Å². The Morgan fingerprint density at radius 3 is 2.53 bits per heavy atom. The summed E-state index contributed by atoms with van der Waals surface area (Å²) in [6.45, 7) is 0.492. The molecule has 1 aromatic carbocycles. The molecule has 7 nitrogen and oxygen atoms in total. The standard InChI is InChI=1S/C21H18FN7S/c22-17-11-14(4-5-18(17)30-16-6-9-24-10-7-16)27-20-12-19(28-21(23)29-20)26-13-15-3-1-2-8-25-15/h1-12H,13H2,(H4,23,26,27,28,29). The van der Waals surface area contributed by atoms with Crippen molar-refractivity contribution in [2.24, 2.45) is 0 Å². The van der Waals surface area contributed by atoms with Gasteiger partial charge in [0.25, 0.3) is 0 Å². The molecule has 4 aromatic rings. The Morgan fingerprint density at radius 2 is 1.77 bits per heavy atom. The van der Waals surface area contributed by atoms with Gasteiger partial charge in [0, 0.05) is 40.1 Å². The van der Waals surface area contributed by atoms with E-state index < -0.39 is 0 Å². The summed E-state index contributed by atoms with van der Waals surface area (Å²) in [5, 5.41) is 6.23. The highest BCUT2D eigenvalue weighted by Gasteiger charge is 2.08. The quantitative estimate of drug-likeness (QED) is 0.403. The van der Waals surface area contributed by atoms with Crippen LogP contribution in [0.15, 0.2) is 83.0 Å². The number of anilines is 4.